The fourth-order valence-corrected chi connectivity index (χ4v) is 1.39. The summed E-state index contributed by atoms with van der Waals surface area (Å²) in [5.41, 5.74) is 5.88. The lowest BCUT2D eigenvalue weighted by Gasteiger charge is -2.27. The summed E-state index contributed by atoms with van der Waals surface area (Å²) in [7, 11) is 0. The molecule has 0 aromatic carbocycles. The van der Waals surface area contributed by atoms with E-state index in [4.69, 9.17) is 10.5 Å². The normalized spacial score (nSPS) is 26.1. The molecule has 2 N–H and O–H groups in total. The van der Waals surface area contributed by atoms with E-state index in [1.54, 1.807) is 19.1 Å². The number of ketones is 1. The molecule has 1 aliphatic rings. The first-order valence-electron chi connectivity index (χ1n) is 4.46. The molecule has 1 unspecified atom stereocenters. The average molecular weight is 260 g/mol. The van der Waals surface area contributed by atoms with E-state index in [0.717, 1.165) is 5.33 Å². The predicted octanol–water partition coefficient (Wildman–Crippen LogP) is 1.53. The molecule has 3 nitrogen and oxygen atoms in total. The molecular weight excluding hydrogens is 246 g/mol. The second-order valence-electron chi connectivity index (χ2n) is 3.25. The van der Waals surface area contributed by atoms with Gasteiger partial charge in [0.05, 0.1) is 6.61 Å². The number of nitrogens with two attached hydrogens (primary N) is 1. The Hall–Kier alpha value is -0.450. The molecule has 0 aliphatic heterocycles. The van der Waals surface area contributed by atoms with E-state index in [1.807, 2.05) is 6.08 Å². The second kappa shape index (κ2) is 4.87. The lowest BCUT2D eigenvalue weighted by Crippen LogP contribution is -2.42. The van der Waals surface area contributed by atoms with Crippen molar-refractivity contribution in [3.05, 3.63) is 23.8 Å². The Bertz CT molecular complexity index is 286. The van der Waals surface area contributed by atoms with Crippen LogP contribution in [-0.4, -0.2) is 23.4 Å². The van der Waals surface area contributed by atoms with E-state index in [9.17, 15) is 4.79 Å². The number of ether oxygens (including phenoxy) is 1. The van der Waals surface area contributed by atoms with Gasteiger partial charge in [0.15, 0.2) is 5.78 Å². The van der Waals surface area contributed by atoms with Gasteiger partial charge in [-0.2, -0.15) is 0 Å². The molecule has 1 aliphatic carbocycles. The van der Waals surface area contributed by atoms with Crippen LogP contribution in [0.3, 0.4) is 0 Å². The second-order valence-corrected chi connectivity index (χ2v) is 4.04. The number of hydrogen-bond acceptors (Lipinski definition) is 3. The zero-order valence-corrected chi connectivity index (χ0v) is 9.71. The Labute approximate surface area is 92.1 Å². The molecule has 0 aromatic heterocycles. The minimum Gasteiger partial charge on any atom is -0.356 e. The molecule has 78 valence electrons. The van der Waals surface area contributed by atoms with Crippen LogP contribution in [0.25, 0.3) is 0 Å². The number of hydrogen-bond donors (Lipinski definition) is 1. The third kappa shape index (κ3) is 3.04. The first-order valence-corrected chi connectivity index (χ1v) is 5.59. The molecule has 14 heavy (non-hydrogen) atoms. The Morgan fingerprint density at radius 2 is 2.50 bits per heavy atom. The zero-order chi connectivity index (χ0) is 10.6. The van der Waals surface area contributed by atoms with Gasteiger partial charge < -0.3 is 4.74 Å². The lowest BCUT2D eigenvalue weighted by atomic mass is 9.98. The van der Waals surface area contributed by atoms with Crippen LogP contribution in [0, 0.1) is 0 Å². The van der Waals surface area contributed by atoms with E-state index in [2.05, 4.69) is 15.9 Å². The lowest BCUT2D eigenvalue weighted by molar-refractivity contribution is -0.113. The monoisotopic (exact) mass is 259 g/mol. The molecule has 1 rings (SSSR count). The summed E-state index contributed by atoms with van der Waals surface area (Å²) in [5.74, 6) is 0.0591. The van der Waals surface area contributed by atoms with Crippen LogP contribution in [0.1, 0.15) is 13.3 Å². The molecule has 0 aromatic rings. The minimum absolute atomic E-state index is 0.0591. The van der Waals surface area contributed by atoms with Crippen LogP contribution in [0.2, 0.25) is 0 Å². The van der Waals surface area contributed by atoms with Crippen molar-refractivity contribution in [3.63, 3.8) is 0 Å². The topological polar surface area (TPSA) is 52.3 Å². The molecule has 0 fully saturated rings. The maximum Gasteiger partial charge on any atom is 0.159 e. The SMILES string of the molecule is CC(=O)C1=CCC(N)(OCCBr)C=C1. The number of carbonyl (C=O) groups excluding carboxylic acids is 1. The van der Waals surface area contributed by atoms with Crippen LogP contribution >= 0.6 is 15.9 Å². The maximum absolute atomic E-state index is 11.0. The van der Waals surface area contributed by atoms with Gasteiger partial charge in [0.25, 0.3) is 0 Å². The Kier molecular flexibility index (Phi) is 4.04. The highest BCUT2D eigenvalue weighted by Gasteiger charge is 2.24. The van der Waals surface area contributed by atoms with Gasteiger partial charge in [-0.25, -0.2) is 0 Å². The van der Waals surface area contributed by atoms with E-state index >= 15 is 0 Å². The molecule has 0 spiro atoms. The summed E-state index contributed by atoms with van der Waals surface area (Å²) in [6.07, 6.45) is 5.83. The molecule has 0 bridgehead atoms. The van der Waals surface area contributed by atoms with Crippen LogP contribution in [0.4, 0.5) is 0 Å². The van der Waals surface area contributed by atoms with Gasteiger partial charge in [0.2, 0.25) is 0 Å². The average Bonchev–Trinajstić information content (AvgIpc) is 2.16. The van der Waals surface area contributed by atoms with Crippen LogP contribution in [0.5, 0.6) is 0 Å². The van der Waals surface area contributed by atoms with Crippen LogP contribution < -0.4 is 5.73 Å². The van der Waals surface area contributed by atoms with Crippen LogP contribution in [-0.2, 0) is 9.53 Å². The minimum atomic E-state index is -0.743. The number of carbonyl (C=O) groups is 1. The van der Waals surface area contributed by atoms with Crippen molar-refractivity contribution >= 4 is 21.7 Å². The number of rotatable bonds is 4. The zero-order valence-electron chi connectivity index (χ0n) is 8.13. The Morgan fingerprint density at radius 1 is 1.79 bits per heavy atom. The fourth-order valence-electron chi connectivity index (χ4n) is 1.23. The van der Waals surface area contributed by atoms with Gasteiger partial charge in [-0.1, -0.05) is 28.1 Å². The number of alkyl halides is 1. The van der Waals surface area contributed by atoms with Gasteiger partial charge in [0.1, 0.15) is 5.72 Å². The fraction of sp³-hybridized carbons (Fsp3) is 0.500. The summed E-state index contributed by atoms with van der Waals surface area (Å²) in [6.45, 7) is 2.10. The molecule has 1 atom stereocenters. The molecule has 0 saturated heterocycles. The highest BCUT2D eigenvalue weighted by atomic mass is 79.9. The van der Waals surface area contributed by atoms with Crippen molar-refractivity contribution in [1.82, 2.24) is 0 Å². The predicted molar refractivity (Wildman–Crippen MR) is 59.2 cm³/mol. The van der Waals surface area contributed by atoms with Crippen molar-refractivity contribution in [3.8, 4) is 0 Å². The van der Waals surface area contributed by atoms with E-state index in [1.165, 1.54) is 0 Å². The molecule has 0 radical (unpaired) electrons. The summed E-state index contributed by atoms with van der Waals surface area (Å²) < 4.78 is 5.44. The molecule has 4 heteroatoms. The van der Waals surface area contributed by atoms with Gasteiger partial charge in [-0.05, 0) is 13.0 Å². The van der Waals surface area contributed by atoms with Gasteiger partial charge in [-0.15, -0.1) is 0 Å². The Balaban J connectivity index is 2.58. The van der Waals surface area contributed by atoms with Gasteiger partial charge >= 0.3 is 0 Å². The third-order valence-corrected chi connectivity index (χ3v) is 2.36. The first kappa shape index (κ1) is 11.6. The number of allylic oxidation sites excluding steroid dienone is 2. The molecule has 0 heterocycles. The van der Waals surface area contributed by atoms with Crippen molar-refractivity contribution in [1.29, 1.82) is 0 Å². The third-order valence-electron chi connectivity index (χ3n) is 2.04. The van der Waals surface area contributed by atoms with E-state index in [0.29, 0.717) is 18.6 Å². The van der Waals surface area contributed by atoms with Gasteiger partial charge in [-0.3, -0.25) is 10.5 Å². The number of Topliss-reactive ketones (excluding diaryl/α,β-unsaturated/α-hetero) is 1. The molecule has 0 saturated carbocycles. The van der Waals surface area contributed by atoms with Crippen molar-refractivity contribution in [2.24, 2.45) is 5.73 Å². The highest BCUT2D eigenvalue weighted by molar-refractivity contribution is 9.09. The van der Waals surface area contributed by atoms with Crippen molar-refractivity contribution in [2.75, 3.05) is 11.9 Å². The van der Waals surface area contributed by atoms with Crippen molar-refractivity contribution in [2.45, 2.75) is 19.1 Å². The maximum atomic E-state index is 11.0. The molecule has 0 amide bonds. The van der Waals surface area contributed by atoms with Crippen molar-refractivity contribution < 1.29 is 9.53 Å². The first-order chi connectivity index (χ1) is 6.57. The smallest absolute Gasteiger partial charge is 0.159 e. The largest absolute Gasteiger partial charge is 0.356 e. The summed E-state index contributed by atoms with van der Waals surface area (Å²) in [4.78, 5) is 11.0. The summed E-state index contributed by atoms with van der Waals surface area (Å²) >= 11 is 3.26. The summed E-state index contributed by atoms with van der Waals surface area (Å²) in [6, 6.07) is 0. The van der Waals surface area contributed by atoms with E-state index in [-0.39, 0.29) is 5.78 Å². The van der Waals surface area contributed by atoms with Crippen LogP contribution in [0.15, 0.2) is 23.8 Å². The Morgan fingerprint density at radius 3 is 2.93 bits per heavy atom. The molecular formula is C10H14BrNO2. The number of halogens is 1. The standard InChI is InChI=1S/C10H14BrNO2/c1-8(13)9-2-4-10(12,5-3-9)14-7-6-11/h2-4H,5-7,12H2,1H3. The summed E-state index contributed by atoms with van der Waals surface area (Å²) in [5, 5.41) is 0.753. The quantitative estimate of drug-likeness (QED) is 0.616. The van der Waals surface area contributed by atoms with Gasteiger partial charge in [0, 0.05) is 17.3 Å². The highest BCUT2D eigenvalue weighted by Crippen LogP contribution is 2.20. The van der Waals surface area contributed by atoms with E-state index < -0.39 is 5.72 Å².